The number of nitrogens with one attached hydrogen (secondary N) is 2. The highest BCUT2D eigenvalue weighted by Crippen LogP contribution is 2.34. The SMILES string of the molecule is CC(C)(C)OC(=O)N1CCC(NC(=O)Nc2ccccc2C(F)(F)F)CC1. The molecule has 150 valence electrons. The molecule has 1 fully saturated rings. The van der Waals surface area contributed by atoms with Crippen LogP contribution in [0.25, 0.3) is 0 Å². The van der Waals surface area contributed by atoms with E-state index >= 15 is 0 Å². The molecule has 2 N–H and O–H groups in total. The van der Waals surface area contributed by atoms with E-state index in [1.165, 1.54) is 18.2 Å². The lowest BCUT2D eigenvalue weighted by atomic mass is 10.1. The normalized spacial score (nSPS) is 16.0. The number of urea groups is 1. The van der Waals surface area contributed by atoms with Gasteiger partial charge in [0.2, 0.25) is 0 Å². The van der Waals surface area contributed by atoms with Crippen LogP contribution in [0.3, 0.4) is 0 Å². The first kappa shape index (κ1) is 20.9. The van der Waals surface area contributed by atoms with Crippen LogP contribution in [0.4, 0.5) is 28.4 Å². The lowest BCUT2D eigenvalue weighted by Gasteiger charge is -2.33. The molecule has 0 radical (unpaired) electrons. The maximum Gasteiger partial charge on any atom is 0.418 e. The number of likely N-dealkylation sites (tertiary alicyclic amines) is 1. The topological polar surface area (TPSA) is 70.7 Å². The molecule has 9 heteroatoms. The Bertz CT molecular complexity index is 678. The molecule has 2 rings (SSSR count). The molecule has 0 spiro atoms. The van der Waals surface area contributed by atoms with Gasteiger partial charge in [0.05, 0.1) is 11.3 Å². The first-order valence-corrected chi connectivity index (χ1v) is 8.67. The fourth-order valence-electron chi connectivity index (χ4n) is 2.72. The van der Waals surface area contributed by atoms with Gasteiger partial charge in [0.15, 0.2) is 0 Å². The molecule has 0 saturated carbocycles. The Balaban J connectivity index is 1.86. The number of carbonyl (C=O) groups excluding carboxylic acids is 2. The molecule has 0 unspecified atom stereocenters. The zero-order chi connectivity index (χ0) is 20.2. The Morgan fingerprint density at radius 1 is 1.11 bits per heavy atom. The summed E-state index contributed by atoms with van der Waals surface area (Å²) in [4.78, 5) is 25.6. The van der Waals surface area contributed by atoms with Gasteiger partial charge in [0, 0.05) is 19.1 Å². The van der Waals surface area contributed by atoms with E-state index < -0.39 is 29.5 Å². The molecule has 6 nitrogen and oxygen atoms in total. The van der Waals surface area contributed by atoms with Crippen molar-refractivity contribution in [3.63, 3.8) is 0 Å². The lowest BCUT2D eigenvalue weighted by Crippen LogP contribution is -2.48. The Hall–Kier alpha value is -2.45. The molecule has 1 aromatic rings. The van der Waals surface area contributed by atoms with Crippen LogP contribution in [-0.2, 0) is 10.9 Å². The molecular weight excluding hydrogens is 363 g/mol. The number of halogens is 3. The second kappa shape index (κ2) is 8.06. The summed E-state index contributed by atoms with van der Waals surface area (Å²) >= 11 is 0. The molecule has 3 amide bonds. The van der Waals surface area contributed by atoms with E-state index in [4.69, 9.17) is 4.74 Å². The summed E-state index contributed by atoms with van der Waals surface area (Å²) in [7, 11) is 0. The third-order valence-corrected chi connectivity index (χ3v) is 3.96. The summed E-state index contributed by atoms with van der Waals surface area (Å²) < 4.78 is 44.2. The standard InChI is InChI=1S/C18H24F3N3O3/c1-17(2,3)27-16(26)24-10-8-12(9-11-24)22-15(25)23-14-7-5-4-6-13(14)18(19,20)21/h4-7,12H,8-11H2,1-3H3,(H2,22,23,25). The quantitative estimate of drug-likeness (QED) is 0.798. The number of para-hydroxylation sites is 1. The number of alkyl halides is 3. The van der Waals surface area contributed by atoms with Crippen molar-refractivity contribution in [2.45, 2.75) is 51.4 Å². The van der Waals surface area contributed by atoms with E-state index in [0.29, 0.717) is 25.9 Å². The number of piperidine rings is 1. The number of ether oxygens (including phenoxy) is 1. The van der Waals surface area contributed by atoms with Gasteiger partial charge in [-0.3, -0.25) is 0 Å². The first-order valence-electron chi connectivity index (χ1n) is 8.67. The van der Waals surface area contributed by atoms with Crippen LogP contribution in [-0.4, -0.2) is 41.8 Å². The number of rotatable bonds is 2. The minimum atomic E-state index is -4.55. The smallest absolute Gasteiger partial charge is 0.418 e. The molecule has 0 aliphatic carbocycles. The number of benzene rings is 1. The Labute approximate surface area is 156 Å². The summed E-state index contributed by atoms with van der Waals surface area (Å²) in [6.45, 7) is 6.14. The van der Waals surface area contributed by atoms with Gasteiger partial charge in [0.1, 0.15) is 5.60 Å². The number of nitrogens with zero attached hydrogens (tertiary/aromatic N) is 1. The zero-order valence-electron chi connectivity index (χ0n) is 15.5. The van der Waals surface area contributed by atoms with Crippen LogP contribution < -0.4 is 10.6 Å². The summed E-state index contributed by atoms with van der Waals surface area (Å²) in [5, 5.41) is 4.91. The monoisotopic (exact) mass is 387 g/mol. The highest BCUT2D eigenvalue weighted by Gasteiger charge is 2.34. The van der Waals surface area contributed by atoms with Crippen LogP contribution in [0.15, 0.2) is 24.3 Å². The first-order chi connectivity index (χ1) is 12.5. The van der Waals surface area contributed by atoms with Crippen molar-refractivity contribution in [1.82, 2.24) is 10.2 Å². The van der Waals surface area contributed by atoms with E-state index in [2.05, 4.69) is 10.6 Å². The van der Waals surface area contributed by atoms with E-state index in [9.17, 15) is 22.8 Å². The van der Waals surface area contributed by atoms with E-state index in [1.54, 1.807) is 25.7 Å². The van der Waals surface area contributed by atoms with Crippen molar-refractivity contribution in [3.05, 3.63) is 29.8 Å². The average molecular weight is 387 g/mol. The molecule has 1 heterocycles. The Morgan fingerprint density at radius 3 is 2.26 bits per heavy atom. The number of hydrogen-bond acceptors (Lipinski definition) is 3. The molecule has 0 aromatic heterocycles. The van der Waals surface area contributed by atoms with Crippen molar-refractivity contribution in [2.24, 2.45) is 0 Å². The van der Waals surface area contributed by atoms with Gasteiger partial charge in [-0.05, 0) is 45.7 Å². The van der Waals surface area contributed by atoms with E-state index in [1.807, 2.05) is 0 Å². The zero-order valence-corrected chi connectivity index (χ0v) is 15.5. The highest BCUT2D eigenvalue weighted by atomic mass is 19.4. The van der Waals surface area contributed by atoms with Crippen molar-refractivity contribution < 1.29 is 27.5 Å². The van der Waals surface area contributed by atoms with Crippen LogP contribution in [0.2, 0.25) is 0 Å². The Morgan fingerprint density at radius 2 is 1.70 bits per heavy atom. The molecule has 1 aliphatic heterocycles. The molecule has 0 bridgehead atoms. The average Bonchev–Trinajstić information content (AvgIpc) is 2.53. The Kier molecular flexibility index (Phi) is 6.22. The molecular formula is C18H24F3N3O3. The summed E-state index contributed by atoms with van der Waals surface area (Å²) in [6.07, 6.45) is -3.98. The van der Waals surface area contributed by atoms with Gasteiger partial charge in [-0.1, -0.05) is 12.1 Å². The van der Waals surface area contributed by atoms with Crippen LogP contribution in [0, 0.1) is 0 Å². The molecule has 1 aliphatic rings. The van der Waals surface area contributed by atoms with Crippen molar-refractivity contribution in [3.8, 4) is 0 Å². The van der Waals surface area contributed by atoms with Crippen LogP contribution in [0.1, 0.15) is 39.2 Å². The number of hydrogen-bond donors (Lipinski definition) is 2. The largest absolute Gasteiger partial charge is 0.444 e. The third kappa shape index (κ3) is 6.33. The fraction of sp³-hybridized carbons (Fsp3) is 0.556. The lowest BCUT2D eigenvalue weighted by molar-refractivity contribution is -0.136. The van der Waals surface area contributed by atoms with E-state index in [0.717, 1.165) is 6.07 Å². The maximum atomic E-state index is 13.0. The second-order valence-electron chi connectivity index (χ2n) is 7.38. The van der Waals surface area contributed by atoms with Gasteiger partial charge >= 0.3 is 18.3 Å². The molecule has 0 atom stereocenters. The van der Waals surface area contributed by atoms with Crippen molar-refractivity contribution in [1.29, 1.82) is 0 Å². The van der Waals surface area contributed by atoms with Crippen LogP contribution >= 0.6 is 0 Å². The molecule has 27 heavy (non-hydrogen) atoms. The minimum absolute atomic E-state index is 0.235. The summed E-state index contributed by atoms with van der Waals surface area (Å²) in [5.41, 5.74) is -1.79. The molecule has 1 aromatic carbocycles. The van der Waals surface area contributed by atoms with Gasteiger partial charge in [-0.2, -0.15) is 13.2 Å². The second-order valence-corrected chi connectivity index (χ2v) is 7.38. The predicted octanol–water partition coefficient (Wildman–Crippen LogP) is 4.23. The number of amides is 3. The van der Waals surface area contributed by atoms with Crippen molar-refractivity contribution in [2.75, 3.05) is 18.4 Å². The van der Waals surface area contributed by atoms with Gasteiger partial charge in [-0.15, -0.1) is 0 Å². The van der Waals surface area contributed by atoms with Gasteiger partial charge in [0.25, 0.3) is 0 Å². The fourth-order valence-corrected chi connectivity index (χ4v) is 2.72. The number of anilines is 1. The van der Waals surface area contributed by atoms with Crippen molar-refractivity contribution >= 4 is 17.8 Å². The summed E-state index contributed by atoms with van der Waals surface area (Å²) in [5.74, 6) is 0. The number of carbonyl (C=O) groups is 2. The van der Waals surface area contributed by atoms with Gasteiger partial charge < -0.3 is 20.3 Å². The highest BCUT2D eigenvalue weighted by molar-refractivity contribution is 5.90. The van der Waals surface area contributed by atoms with E-state index in [-0.39, 0.29) is 11.7 Å². The summed E-state index contributed by atoms with van der Waals surface area (Å²) in [6, 6.07) is 3.86. The van der Waals surface area contributed by atoms with Crippen LogP contribution in [0.5, 0.6) is 0 Å². The third-order valence-electron chi connectivity index (χ3n) is 3.96. The molecule has 1 saturated heterocycles. The van der Waals surface area contributed by atoms with Gasteiger partial charge in [-0.25, -0.2) is 9.59 Å². The predicted molar refractivity (Wildman–Crippen MR) is 94.4 cm³/mol. The minimum Gasteiger partial charge on any atom is -0.444 e. The maximum absolute atomic E-state index is 13.0.